The molecule has 0 bridgehead atoms. The van der Waals surface area contributed by atoms with E-state index in [1.165, 1.54) is 10.3 Å². The molecule has 0 aliphatic rings. The second-order valence-corrected chi connectivity index (χ2v) is 5.28. The molecule has 0 aliphatic carbocycles. The summed E-state index contributed by atoms with van der Waals surface area (Å²) in [6, 6.07) is 6.55. The first-order valence-electron chi connectivity index (χ1n) is 5.15. The van der Waals surface area contributed by atoms with Gasteiger partial charge in [-0.05, 0) is 23.6 Å². The van der Waals surface area contributed by atoms with Crippen molar-refractivity contribution in [2.75, 3.05) is 19.0 Å². The summed E-state index contributed by atoms with van der Waals surface area (Å²) in [4.78, 5) is 6.61. The third kappa shape index (κ3) is 1.97. The summed E-state index contributed by atoms with van der Waals surface area (Å²) < 4.78 is 1.28. The average Bonchev–Trinajstić information content (AvgIpc) is 2.59. The topological polar surface area (TPSA) is 16.1 Å². The highest BCUT2D eigenvalue weighted by Crippen LogP contribution is 2.29. The summed E-state index contributed by atoms with van der Waals surface area (Å²) in [7, 11) is 4.06. The van der Waals surface area contributed by atoms with Crippen molar-refractivity contribution in [3.05, 3.63) is 23.8 Å². The van der Waals surface area contributed by atoms with Crippen molar-refractivity contribution in [3.8, 4) is 0 Å². The average molecular weight is 220 g/mol. The minimum absolute atomic E-state index is 0.583. The maximum absolute atomic E-state index is 4.56. The molecule has 2 rings (SSSR count). The smallest absolute Gasteiger partial charge is 0.185 e. The number of benzene rings is 1. The Morgan fingerprint density at radius 3 is 2.60 bits per heavy atom. The summed E-state index contributed by atoms with van der Waals surface area (Å²) in [5.74, 6) is 0.583. The van der Waals surface area contributed by atoms with E-state index in [-0.39, 0.29) is 0 Å². The molecule has 3 heteroatoms. The van der Waals surface area contributed by atoms with Gasteiger partial charge in [0.05, 0.1) is 10.2 Å². The second-order valence-electron chi connectivity index (χ2n) is 4.27. The van der Waals surface area contributed by atoms with Crippen LogP contribution in [0.15, 0.2) is 18.2 Å². The molecule has 2 nitrogen and oxygen atoms in total. The Labute approximate surface area is 94.6 Å². The van der Waals surface area contributed by atoms with Gasteiger partial charge in [0.2, 0.25) is 0 Å². The van der Waals surface area contributed by atoms with Crippen LogP contribution in [-0.2, 0) is 0 Å². The Hall–Kier alpha value is -1.09. The molecule has 0 saturated carbocycles. The van der Waals surface area contributed by atoms with Crippen molar-refractivity contribution in [3.63, 3.8) is 0 Å². The first-order valence-corrected chi connectivity index (χ1v) is 5.97. The van der Waals surface area contributed by atoms with Crippen LogP contribution in [0.2, 0.25) is 0 Å². The zero-order valence-corrected chi connectivity index (χ0v) is 10.4. The van der Waals surface area contributed by atoms with Gasteiger partial charge in [-0.25, -0.2) is 4.98 Å². The highest BCUT2D eigenvalue weighted by atomic mass is 32.1. The zero-order valence-electron chi connectivity index (χ0n) is 9.61. The van der Waals surface area contributed by atoms with Gasteiger partial charge in [0.1, 0.15) is 0 Å². The van der Waals surface area contributed by atoms with Crippen LogP contribution in [-0.4, -0.2) is 19.1 Å². The molecule has 0 spiro atoms. The highest BCUT2D eigenvalue weighted by molar-refractivity contribution is 7.22. The fraction of sp³-hybridized carbons (Fsp3) is 0.417. The minimum Gasteiger partial charge on any atom is -0.354 e. The largest absolute Gasteiger partial charge is 0.354 e. The summed E-state index contributed by atoms with van der Waals surface area (Å²) >= 11 is 1.75. The van der Waals surface area contributed by atoms with Crippen molar-refractivity contribution in [2.24, 2.45) is 0 Å². The summed E-state index contributed by atoms with van der Waals surface area (Å²) in [5, 5.41) is 1.07. The van der Waals surface area contributed by atoms with Gasteiger partial charge in [-0.15, -0.1) is 0 Å². The molecule has 0 saturated heterocycles. The molecule has 0 fully saturated rings. The van der Waals surface area contributed by atoms with Crippen LogP contribution in [0, 0.1) is 0 Å². The van der Waals surface area contributed by atoms with Gasteiger partial charge in [-0.2, -0.15) is 0 Å². The van der Waals surface area contributed by atoms with E-state index >= 15 is 0 Å². The lowest BCUT2D eigenvalue weighted by Crippen LogP contribution is -2.07. The lowest BCUT2D eigenvalue weighted by atomic mass is 10.0. The van der Waals surface area contributed by atoms with E-state index in [1.54, 1.807) is 11.3 Å². The van der Waals surface area contributed by atoms with Crippen molar-refractivity contribution >= 4 is 26.7 Å². The van der Waals surface area contributed by atoms with E-state index in [1.807, 2.05) is 14.1 Å². The Bertz CT molecular complexity index is 465. The van der Waals surface area contributed by atoms with Gasteiger partial charge in [-0.1, -0.05) is 31.3 Å². The van der Waals surface area contributed by atoms with Gasteiger partial charge in [0.25, 0.3) is 0 Å². The molecule has 1 aromatic carbocycles. The highest BCUT2D eigenvalue weighted by Gasteiger charge is 2.07. The van der Waals surface area contributed by atoms with Crippen LogP contribution < -0.4 is 4.90 Å². The van der Waals surface area contributed by atoms with Crippen LogP contribution in [0.4, 0.5) is 5.13 Å². The Morgan fingerprint density at radius 2 is 2.00 bits per heavy atom. The van der Waals surface area contributed by atoms with Crippen LogP contribution in [0.1, 0.15) is 25.3 Å². The predicted molar refractivity (Wildman–Crippen MR) is 68.0 cm³/mol. The van der Waals surface area contributed by atoms with Crippen molar-refractivity contribution in [1.82, 2.24) is 4.98 Å². The number of nitrogens with zero attached hydrogens (tertiary/aromatic N) is 2. The lowest BCUT2D eigenvalue weighted by molar-refractivity contribution is 0.869. The number of anilines is 1. The molecule has 0 amide bonds. The Morgan fingerprint density at radius 1 is 1.27 bits per heavy atom. The third-order valence-electron chi connectivity index (χ3n) is 2.45. The first kappa shape index (κ1) is 10.4. The van der Waals surface area contributed by atoms with Crippen LogP contribution in [0.3, 0.4) is 0 Å². The molecule has 2 aromatic rings. The molecule has 1 aromatic heterocycles. The van der Waals surface area contributed by atoms with Gasteiger partial charge in [0, 0.05) is 14.1 Å². The zero-order chi connectivity index (χ0) is 11.0. The molecule has 15 heavy (non-hydrogen) atoms. The lowest BCUT2D eigenvalue weighted by Gasteiger charge is -2.04. The van der Waals surface area contributed by atoms with Crippen molar-refractivity contribution in [1.29, 1.82) is 0 Å². The summed E-state index contributed by atoms with van der Waals surface area (Å²) in [6.45, 7) is 4.43. The summed E-state index contributed by atoms with van der Waals surface area (Å²) in [6.07, 6.45) is 0. The molecule has 0 atom stereocenters. The van der Waals surface area contributed by atoms with E-state index in [9.17, 15) is 0 Å². The quantitative estimate of drug-likeness (QED) is 0.770. The molecule has 0 N–H and O–H groups in total. The molecule has 1 heterocycles. The first-order chi connectivity index (χ1) is 7.08. The molecular weight excluding hydrogens is 204 g/mol. The molecular formula is C12H16N2S. The predicted octanol–water partition coefficient (Wildman–Crippen LogP) is 3.49. The van der Waals surface area contributed by atoms with Crippen LogP contribution >= 0.6 is 11.3 Å². The fourth-order valence-electron chi connectivity index (χ4n) is 1.48. The molecule has 80 valence electrons. The molecule has 0 unspecified atom stereocenters. The van der Waals surface area contributed by atoms with Gasteiger partial charge in [0.15, 0.2) is 5.13 Å². The standard InChI is InChI=1S/C12H16N2S/c1-8(2)9-5-6-10-11(7-9)15-12(13-10)14(3)4/h5-8H,1-4H3. The maximum Gasteiger partial charge on any atom is 0.185 e. The van der Waals surface area contributed by atoms with Gasteiger partial charge >= 0.3 is 0 Å². The number of aromatic nitrogens is 1. The summed E-state index contributed by atoms with van der Waals surface area (Å²) in [5.41, 5.74) is 2.49. The monoisotopic (exact) mass is 220 g/mol. The van der Waals surface area contributed by atoms with Crippen LogP contribution in [0.25, 0.3) is 10.2 Å². The van der Waals surface area contributed by atoms with Gasteiger partial charge < -0.3 is 4.90 Å². The maximum atomic E-state index is 4.56. The van der Waals surface area contributed by atoms with Crippen LogP contribution in [0.5, 0.6) is 0 Å². The normalized spacial score (nSPS) is 11.3. The Kier molecular flexibility index (Phi) is 2.65. The SMILES string of the molecule is CC(C)c1ccc2nc(N(C)C)sc2c1. The number of fused-ring (bicyclic) bond motifs is 1. The van der Waals surface area contributed by atoms with E-state index < -0.39 is 0 Å². The molecule has 0 aliphatic heterocycles. The number of thiazole rings is 1. The Balaban J connectivity index is 2.52. The third-order valence-corrected chi connectivity index (χ3v) is 3.64. The van der Waals surface area contributed by atoms with E-state index in [4.69, 9.17) is 0 Å². The number of hydrogen-bond acceptors (Lipinski definition) is 3. The number of rotatable bonds is 2. The minimum atomic E-state index is 0.583. The van der Waals surface area contributed by atoms with Crippen molar-refractivity contribution < 1.29 is 0 Å². The fourth-order valence-corrected chi connectivity index (χ4v) is 2.42. The van der Waals surface area contributed by atoms with E-state index in [0.717, 1.165) is 10.6 Å². The molecule has 0 radical (unpaired) electrons. The second kappa shape index (κ2) is 3.81. The van der Waals surface area contributed by atoms with E-state index in [2.05, 4.69) is 41.9 Å². The van der Waals surface area contributed by atoms with Gasteiger partial charge in [-0.3, -0.25) is 0 Å². The van der Waals surface area contributed by atoms with Crippen molar-refractivity contribution in [2.45, 2.75) is 19.8 Å². The van der Waals surface area contributed by atoms with E-state index in [0.29, 0.717) is 5.92 Å². The number of hydrogen-bond donors (Lipinski definition) is 0.